The molecule has 0 heterocycles. The Morgan fingerprint density at radius 3 is 1.94 bits per heavy atom. The molecule has 1 rings (SSSR count). The van der Waals surface area contributed by atoms with E-state index in [1.165, 1.54) is 0 Å². The summed E-state index contributed by atoms with van der Waals surface area (Å²) in [6, 6.07) is 0. The second-order valence-corrected chi connectivity index (χ2v) is 6.31. The summed E-state index contributed by atoms with van der Waals surface area (Å²) in [5, 5.41) is 8.67. The van der Waals surface area contributed by atoms with Gasteiger partial charge in [0.05, 0.1) is 19.8 Å². The standard InChI is InChI=1S/C10H10Br4O2/c1-5-7(11)9(13)6(4-16-3-2-15)10(14)8(5)12/h15H,2-4H2,1H3. The van der Waals surface area contributed by atoms with E-state index in [0.717, 1.165) is 29.0 Å². The molecule has 90 valence electrons. The lowest BCUT2D eigenvalue weighted by Crippen LogP contribution is -2.02. The third kappa shape index (κ3) is 3.29. The normalized spacial score (nSPS) is 10.9. The van der Waals surface area contributed by atoms with Crippen molar-refractivity contribution in [2.24, 2.45) is 0 Å². The van der Waals surface area contributed by atoms with Gasteiger partial charge in [-0.1, -0.05) is 0 Å². The average molecular weight is 482 g/mol. The zero-order valence-electron chi connectivity index (χ0n) is 8.49. The van der Waals surface area contributed by atoms with Gasteiger partial charge in [0.15, 0.2) is 0 Å². The summed E-state index contributed by atoms with van der Waals surface area (Å²) in [5.74, 6) is 0. The van der Waals surface area contributed by atoms with Gasteiger partial charge >= 0.3 is 0 Å². The monoisotopic (exact) mass is 478 g/mol. The van der Waals surface area contributed by atoms with E-state index in [0.29, 0.717) is 13.2 Å². The summed E-state index contributed by atoms with van der Waals surface area (Å²) in [5.41, 5.74) is 2.13. The van der Waals surface area contributed by atoms with Crippen LogP contribution in [0.15, 0.2) is 17.9 Å². The fourth-order valence-electron chi connectivity index (χ4n) is 1.15. The van der Waals surface area contributed by atoms with E-state index >= 15 is 0 Å². The quantitative estimate of drug-likeness (QED) is 0.505. The number of ether oxygens (including phenoxy) is 1. The molecular formula is C10H10Br4O2. The molecule has 0 aliphatic carbocycles. The molecule has 1 aromatic rings. The second kappa shape index (κ2) is 6.85. The Morgan fingerprint density at radius 2 is 1.50 bits per heavy atom. The third-order valence-corrected chi connectivity index (χ3v) is 6.85. The molecule has 0 radical (unpaired) electrons. The van der Waals surface area contributed by atoms with Crippen LogP contribution >= 0.6 is 63.7 Å². The molecule has 0 aromatic heterocycles. The summed E-state index contributed by atoms with van der Waals surface area (Å²) in [6.45, 7) is 2.83. The molecule has 2 nitrogen and oxygen atoms in total. The van der Waals surface area contributed by atoms with Gasteiger partial charge < -0.3 is 9.84 Å². The smallest absolute Gasteiger partial charge is 0.0740 e. The van der Waals surface area contributed by atoms with Gasteiger partial charge in [-0.15, -0.1) is 0 Å². The molecule has 1 N–H and O–H groups in total. The molecule has 0 aliphatic heterocycles. The molecular weight excluding hydrogens is 472 g/mol. The van der Waals surface area contributed by atoms with Crippen molar-refractivity contribution in [1.82, 2.24) is 0 Å². The van der Waals surface area contributed by atoms with Gasteiger partial charge in [-0.25, -0.2) is 0 Å². The molecule has 0 unspecified atom stereocenters. The Kier molecular flexibility index (Phi) is 6.47. The Labute approximate surface area is 128 Å². The van der Waals surface area contributed by atoms with Crippen molar-refractivity contribution in [2.75, 3.05) is 13.2 Å². The predicted molar refractivity (Wildman–Crippen MR) is 78.7 cm³/mol. The molecule has 0 saturated heterocycles. The lowest BCUT2D eigenvalue weighted by molar-refractivity contribution is 0.0809. The number of halogens is 4. The van der Waals surface area contributed by atoms with Gasteiger partial charge in [0.2, 0.25) is 0 Å². The first kappa shape index (κ1) is 15.1. The number of rotatable bonds is 4. The highest BCUT2D eigenvalue weighted by molar-refractivity contribution is 9.14. The fraction of sp³-hybridized carbons (Fsp3) is 0.400. The van der Waals surface area contributed by atoms with E-state index in [4.69, 9.17) is 9.84 Å². The molecule has 0 fully saturated rings. The Bertz CT molecular complexity index is 364. The summed E-state index contributed by atoms with van der Waals surface area (Å²) in [4.78, 5) is 0. The summed E-state index contributed by atoms with van der Waals surface area (Å²) in [7, 11) is 0. The van der Waals surface area contributed by atoms with Crippen LogP contribution < -0.4 is 0 Å². The molecule has 0 bridgehead atoms. The van der Waals surface area contributed by atoms with Crippen molar-refractivity contribution in [3.8, 4) is 0 Å². The van der Waals surface area contributed by atoms with Crippen LogP contribution in [0.4, 0.5) is 0 Å². The second-order valence-electron chi connectivity index (χ2n) is 3.14. The SMILES string of the molecule is Cc1c(Br)c(Br)c(COCCO)c(Br)c1Br. The van der Waals surface area contributed by atoms with Crippen molar-refractivity contribution in [3.05, 3.63) is 29.0 Å². The van der Waals surface area contributed by atoms with Gasteiger partial charge in [-0.2, -0.15) is 0 Å². The molecule has 0 atom stereocenters. The lowest BCUT2D eigenvalue weighted by Gasteiger charge is -2.14. The van der Waals surface area contributed by atoms with Crippen molar-refractivity contribution in [1.29, 1.82) is 0 Å². The largest absolute Gasteiger partial charge is 0.394 e. The maximum Gasteiger partial charge on any atom is 0.0740 e. The number of hydrogen-bond donors (Lipinski definition) is 1. The average Bonchev–Trinajstić information content (AvgIpc) is 2.28. The molecule has 0 saturated carbocycles. The number of aliphatic hydroxyl groups is 1. The number of benzene rings is 1. The van der Waals surface area contributed by atoms with Gasteiger partial charge in [0.25, 0.3) is 0 Å². The van der Waals surface area contributed by atoms with Crippen LogP contribution in [0.2, 0.25) is 0 Å². The first-order chi connectivity index (χ1) is 7.50. The van der Waals surface area contributed by atoms with Crippen molar-refractivity contribution in [2.45, 2.75) is 13.5 Å². The van der Waals surface area contributed by atoms with Crippen molar-refractivity contribution < 1.29 is 9.84 Å². The van der Waals surface area contributed by atoms with E-state index in [2.05, 4.69) is 63.7 Å². The lowest BCUT2D eigenvalue weighted by atomic mass is 10.1. The highest BCUT2D eigenvalue weighted by Crippen LogP contribution is 2.41. The summed E-state index contributed by atoms with van der Waals surface area (Å²) >= 11 is 14.1. The summed E-state index contributed by atoms with van der Waals surface area (Å²) < 4.78 is 9.28. The van der Waals surface area contributed by atoms with E-state index in [9.17, 15) is 0 Å². The van der Waals surface area contributed by atoms with Crippen LogP contribution in [0.25, 0.3) is 0 Å². The Morgan fingerprint density at radius 1 is 1.00 bits per heavy atom. The van der Waals surface area contributed by atoms with Crippen LogP contribution in [0.1, 0.15) is 11.1 Å². The van der Waals surface area contributed by atoms with Gasteiger partial charge in [-0.05, 0) is 76.2 Å². The van der Waals surface area contributed by atoms with Gasteiger partial charge in [0.1, 0.15) is 0 Å². The minimum atomic E-state index is 0.0312. The Balaban J connectivity index is 3.08. The van der Waals surface area contributed by atoms with Gasteiger partial charge in [0, 0.05) is 23.5 Å². The third-order valence-electron chi connectivity index (χ3n) is 2.06. The number of hydrogen-bond acceptors (Lipinski definition) is 2. The minimum absolute atomic E-state index is 0.0312. The topological polar surface area (TPSA) is 29.5 Å². The molecule has 16 heavy (non-hydrogen) atoms. The van der Waals surface area contributed by atoms with E-state index in [-0.39, 0.29) is 6.61 Å². The maximum absolute atomic E-state index is 8.67. The van der Waals surface area contributed by atoms with Crippen LogP contribution in [-0.2, 0) is 11.3 Å². The van der Waals surface area contributed by atoms with Crippen LogP contribution in [0.3, 0.4) is 0 Å². The van der Waals surface area contributed by atoms with Crippen LogP contribution in [0, 0.1) is 6.92 Å². The highest BCUT2D eigenvalue weighted by atomic mass is 79.9. The Hall–Kier alpha value is 1.06. The minimum Gasteiger partial charge on any atom is -0.394 e. The van der Waals surface area contributed by atoms with Crippen LogP contribution in [0.5, 0.6) is 0 Å². The van der Waals surface area contributed by atoms with E-state index < -0.39 is 0 Å². The molecule has 1 aromatic carbocycles. The van der Waals surface area contributed by atoms with E-state index in [1.807, 2.05) is 6.92 Å². The molecule has 0 spiro atoms. The first-order valence-electron chi connectivity index (χ1n) is 4.50. The predicted octanol–water partition coefficient (Wildman–Crippen LogP) is 4.55. The van der Waals surface area contributed by atoms with Crippen molar-refractivity contribution >= 4 is 63.7 Å². The first-order valence-corrected chi connectivity index (χ1v) is 7.68. The van der Waals surface area contributed by atoms with Crippen LogP contribution in [-0.4, -0.2) is 18.3 Å². The number of aliphatic hydroxyl groups excluding tert-OH is 1. The fourth-order valence-corrected chi connectivity index (χ4v) is 3.78. The summed E-state index contributed by atoms with van der Waals surface area (Å²) in [6.07, 6.45) is 0. The van der Waals surface area contributed by atoms with E-state index in [1.54, 1.807) is 0 Å². The highest BCUT2D eigenvalue weighted by Gasteiger charge is 2.16. The zero-order chi connectivity index (χ0) is 12.3. The molecule has 0 aliphatic rings. The zero-order valence-corrected chi connectivity index (χ0v) is 14.8. The molecule has 0 amide bonds. The molecule has 6 heteroatoms. The van der Waals surface area contributed by atoms with Crippen molar-refractivity contribution in [3.63, 3.8) is 0 Å². The maximum atomic E-state index is 8.67. The van der Waals surface area contributed by atoms with Gasteiger partial charge in [-0.3, -0.25) is 0 Å².